The van der Waals surface area contributed by atoms with E-state index in [4.69, 9.17) is 0 Å². The molecule has 0 saturated heterocycles. The molecule has 2 nitrogen and oxygen atoms in total. The number of hydrogen-bond donors (Lipinski definition) is 0. The Morgan fingerprint density at radius 3 is 2.22 bits per heavy atom. The Morgan fingerprint density at radius 2 is 1.53 bits per heavy atom. The van der Waals surface area contributed by atoms with Gasteiger partial charge in [0.1, 0.15) is 7.05 Å². The third-order valence-corrected chi connectivity index (χ3v) is 7.39. The number of fused-ring (bicyclic) bond motifs is 2. The summed E-state index contributed by atoms with van der Waals surface area (Å²) >= 11 is 0. The van der Waals surface area contributed by atoms with Crippen molar-refractivity contribution in [3.05, 3.63) is 94.2 Å². The summed E-state index contributed by atoms with van der Waals surface area (Å²) in [6, 6.07) is 13.6. The second kappa shape index (κ2) is 7.62. The molecule has 2 heteroatoms. The minimum absolute atomic E-state index is 0.00148. The van der Waals surface area contributed by atoms with Gasteiger partial charge in [0.25, 0.3) is 0 Å². The van der Waals surface area contributed by atoms with Crippen molar-refractivity contribution in [2.75, 3.05) is 19.0 Å². The number of likely N-dealkylation sites (N-methyl/N-ethyl adjacent to an activating group) is 1. The summed E-state index contributed by atoms with van der Waals surface area (Å²) < 4.78 is 2.34. The van der Waals surface area contributed by atoms with Gasteiger partial charge in [0.05, 0.1) is 5.41 Å². The first-order chi connectivity index (χ1) is 14.9. The van der Waals surface area contributed by atoms with Gasteiger partial charge in [-0.2, -0.15) is 4.58 Å². The third kappa shape index (κ3) is 3.46. The van der Waals surface area contributed by atoms with Crippen LogP contribution in [0.4, 0.5) is 11.4 Å². The van der Waals surface area contributed by atoms with E-state index in [0.29, 0.717) is 0 Å². The van der Waals surface area contributed by atoms with Crippen LogP contribution < -0.4 is 4.90 Å². The molecule has 0 amide bonds. The maximum Gasteiger partial charge on any atom is 0.209 e. The normalized spacial score (nSPS) is 20.5. The van der Waals surface area contributed by atoms with Crippen LogP contribution in [0.25, 0.3) is 0 Å². The van der Waals surface area contributed by atoms with E-state index in [0.717, 1.165) is 0 Å². The average molecular weight is 426 g/mol. The Balaban J connectivity index is 1.63. The smallest absolute Gasteiger partial charge is 0.209 e. The first-order valence-electron chi connectivity index (χ1n) is 11.6. The molecule has 0 aromatic heterocycles. The molecule has 0 bridgehead atoms. The number of benzene rings is 2. The molecule has 0 atom stereocenters. The van der Waals surface area contributed by atoms with E-state index in [9.17, 15) is 0 Å². The highest BCUT2D eigenvalue weighted by Crippen LogP contribution is 2.47. The van der Waals surface area contributed by atoms with Crippen LogP contribution in [0.3, 0.4) is 0 Å². The lowest BCUT2D eigenvalue weighted by atomic mass is 9.81. The number of aryl methyl sites for hydroxylation is 2. The predicted octanol–water partition coefficient (Wildman–Crippen LogP) is 7.12. The average Bonchev–Trinajstić information content (AvgIpc) is 3.02. The lowest BCUT2D eigenvalue weighted by Gasteiger charge is -2.23. The zero-order chi connectivity index (χ0) is 23.4. The number of nitrogens with zero attached hydrogens (tertiary/aromatic N) is 2. The summed E-state index contributed by atoms with van der Waals surface area (Å²) in [7, 11) is 4.36. The molecule has 32 heavy (non-hydrogen) atoms. The van der Waals surface area contributed by atoms with Gasteiger partial charge in [-0.3, -0.25) is 0 Å². The standard InChI is InChI=1S/C30H37N2/c1-20(12-16-27-29(4,5)23-18-21(2)10-14-25(23)31(27)8)13-17-28-30(6,7)24-19-22(3)11-15-26(24)32(28)9/h10-19H,1-9H3/q+1. The SMILES string of the molecule is CC(C=CC1=[N+](C)c2ccc(C)cc2C1(C)C)=CC=C1N(C)c2ccc(C)cc2C1(C)C. The molecule has 2 aliphatic heterocycles. The fourth-order valence-electron chi connectivity index (χ4n) is 5.38. The first kappa shape index (κ1) is 22.3. The van der Waals surface area contributed by atoms with E-state index in [-0.39, 0.29) is 10.8 Å². The number of anilines is 1. The van der Waals surface area contributed by atoms with Crippen molar-refractivity contribution in [2.45, 2.75) is 59.3 Å². The van der Waals surface area contributed by atoms with Gasteiger partial charge < -0.3 is 4.90 Å². The Labute approximate surface area is 194 Å². The van der Waals surface area contributed by atoms with Gasteiger partial charge in [0, 0.05) is 41.6 Å². The van der Waals surface area contributed by atoms with Crippen LogP contribution in [0, 0.1) is 13.8 Å². The van der Waals surface area contributed by atoms with Crippen LogP contribution in [0.15, 0.2) is 72.0 Å². The molecular formula is C30H37N2+. The number of allylic oxidation sites excluding steroid dienone is 6. The van der Waals surface area contributed by atoms with Gasteiger partial charge in [-0.05, 0) is 58.4 Å². The van der Waals surface area contributed by atoms with Gasteiger partial charge in [-0.15, -0.1) is 0 Å². The van der Waals surface area contributed by atoms with E-state index < -0.39 is 0 Å². The van der Waals surface area contributed by atoms with Crippen molar-refractivity contribution < 1.29 is 4.58 Å². The van der Waals surface area contributed by atoms with Gasteiger partial charge in [0.2, 0.25) is 5.69 Å². The van der Waals surface area contributed by atoms with Crippen molar-refractivity contribution in [1.29, 1.82) is 0 Å². The van der Waals surface area contributed by atoms with Crippen LogP contribution in [0.1, 0.15) is 56.9 Å². The monoisotopic (exact) mass is 425 g/mol. The minimum Gasteiger partial charge on any atom is -0.347 e. The summed E-state index contributed by atoms with van der Waals surface area (Å²) in [4.78, 5) is 2.34. The van der Waals surface area contributed by atoms with Crippen LogP contribution in [0.5, 0.6) is 0 Å². The van der Waals surface area contributed by atoms with Crippen LogP contribution in [-0.2, 0) is 10.8 Å². The molecule has 0 unspecified atom stereocenters. The summed E-state index contributed by atoms with van der Waals surface area (Å²) in [6.45, 7) is 15.8. The highest BCUT2D eigenvalue weighted by Gasteiger charge is 2.42. The van der Waals surface area contributed by atoms with Crippen LogP contribution in [0.2, 0.25) is 0 Å². The fourth-order valence-corrected chi connectivity index (χ4v) is 5.38. The molecule has 2 aliphatic rings. The summed E-state index contributed by atoms with van der Waals surface area (Å²) in [5, 5.41) is 0. The van der Waals surface area contributed by atoms with E-state index in [1.807, 2.05) is 0 Å². The second-order valence-corrected chi connectivity index (χ2v) is 10.6. The Kier molecular flexibility index (Phi) is 5.32. The van der Waals surface area contributed by atoms with Crippen LogP contribution >= 0.6 is 0 Å². The first-order valence-corrected chi connectivity index (χ1v) is 11.6. The zero-order valence-corrected chi connectivity index (χ0v) is 21.2. The van der Waals surface area contributed by atoms with E-state index in [1.54, 1.807) is 0 Å². The molecule has 0 saturated carbocycles. The highest BCUT2D eigenvalue weighted by atomic mass is 15.2. The molecule has 0 radical (unpaired) electrons. The van der Waals surface area contributed by atoms with Gasteiger partial charge >= 0.3 is 0 Å². The Hall–Kier alpha value is -2.87. The van der Waals surface area contributed by atoms with E-state index in [1.165, 1.54) is 50.6 Å². The third-order valence-electron chi connectivity index (χ3n) is 7.39. The summed E-state index contributed by atoms with van der Waals surface area (Å²) in [6.07, 6.45) is 9.09. The minimum atomic E-state index is -0.00148. The molecule has 166 valence electrons. The van der Waals surface area contributed by atoms with E-state index in [2.05, 4.69) is 133 Å². The maximum absolute atomic E-state index is 2.34. The van der Waals surface area contributed by atoms with Crippen molar-refractivity contribution in [2.24, 2.45) is 0 Å². The van der Waals surface area contributed by atoms with Gasteiger partial charge in [-0.1, -0.05) is 60.9 Å². The summed E-state index contributed by atoms with van der Waals surface area (Å²) in [5.74, 6) is 0. The Bertz CT molecular complexity index is 1220. The van der Waals surface area contributed by atoms with Crippen molar-refractivity contribution in [1.82, 2.24) is 0 Å². The van der Waals surface area contributed by atoms with Crippen molar-refractivity contribution in [3.63, 3.8) is 0 Å². The van der Waals surface area contributed by atoms with Gasteiger partial charge in [0.15, 0.2) is 5.71 Å². The molecule has 0 fully saturated rings. The number of rotatable bonds is 3. The molecule has 0 spiro atoms. The quantitative estimate of drug-likeness (QED) is 0.375. The molecule has 0 N–H and O–H groups in total. The zero-order valence-electron chi connectivity index (χ0n) is 21.2. The lowest BCUT2D eigenvalue weighted by Crippen LogP contribution is -2.26. The molecule has 4 rings (SSSR count). The van der Waals surface area contributed by atoms with Crippen molar-refractivity contribution in [3.8, 4) is 0 Å². The molecular weight excluding hydrogens is 388 g/mol. The second-order valence-electron chi connectivity index (χ2n) is 10.6. The van der Waals surface area contributed by atoms with Crippen molar-refractivity contribution >= 4 is 17.1 Å². The topological polar surface area (TPSA) is 6.25 Å². The maximum atomic E-state index is 2.34. The lowest BCUT2D eigenvalue weighted by molar-refractivity contribution is -0.401. The molecule has 2 heterocycles. The molecule has 0 aliphatic carbocycles. The predicted molar refractivity (Wildman–Crippen MR) is 139 cm³/mol. The highest BCUT2D eigenvalue weighted by molar-refractivity contribution is 6.03. The molecule has 2 aromatic carbocycles. The fraction of sp³-hybridized carbons (Fsp3) is 0.367. The van der Waals surface area contributed by atoms with E-state index >= 15 is 0 Å². The van der Waals surface area contributed by atoms with Gasteiger partial charge in [-0.25, -0.2) is 0 Å². The largest absolute Gasteiger partial charge is 0.347 e. The Morgan fingerprint density at radius 1 is 0.906 bits per heavy atom. The number of hydrogen-bond acceptors (Lipinski definition) is 1. The molecule has 2 aromatic rings. The van der Waals surface area contributed by atoms with Crippen LogP contribution in [-0.4, -0.2) is 24.4 Å². The summed E-state index contributed by atoms with van der Waals surface area (Å²) in [5.41, 5.74) is 12.0.